The molecule has 0 aliphatic carbocycles. The van der Waals surface area contributed by atoms with E-state index in [2.05, 4.69) is 52.1 Å². The molecule has 0 rings (SSSR count). The highest BCUT2D eigenvalue weighted by molar-refractivity contribution is 7.99. The summed E-state index contributed by atoms with van der Waals surface area (Å²) < 4.78 is 0. The van der Waals surface area contributed by atoms with Crippen LogP contribution in [0.1, 0.15) is 53.4 Å². The standard InChI is InChI=1S/C12H26S2/c1-5-7-12(9-13,8-6-2)10-14-11(3)4/h11,13H,5-10H2,1-4H3. The van der Waals surface area contributed by atoms with E-state index in [1.807, 2.05) is 0 Å². The molecule has 0 radical (unpaired) electrons. The van der Waals surface area contributed by atoms with Crippen LogP contribution in [0.25, 0.3) is 0 Å². The van der Waals surface area contributed by atoms with Crippen molar-refractivity contribution in [1.29, 1.82) is 0 Å². The van der Waals surface area contributed by atoms with Gasteiger partial charge < -0.3 is 0 Å². The second kappa shape index (κ2) is 7.92. The van der Waals surface area contributed by atoms with Crippen LogP contribution >= 0.6 is 24.4 Å². The van der Waals surface area contributed by atoms with Crippen molar-refractivity contribution in [2.75, 3.05) is 11.5 Å². The topological polar surface area (TPSA) is 0 Å². The zero-order valence-corrected chi connectivity index (χ0v) is 11.9. The van der Waals surface area contributed by atoms with Gasteiger partial charge in [-0.1, -0.05) is 40.5 Å². The summed E-state index contributed by atoms with van der Waals surface area (Å²) in [7, 11) is 0. The normalized spacial score (nSPS) is 12.4. The predicted octanol–water partition coefficient (Wildman–Crippen LogP) is 4.64. The average Bonchev–Trinajstić information content (AvgIpc) is 2.15. The molecule has 0 atom stereocenters. The Morgan fingerprint density at radius 2 is 1.64 bits per heavy atom. The molecule has 0 aliphatic rings. The number of hydrogen-bond acceptors (Lipinski definition) is 2. The summed E-state index contributed by atoms with van der Waals surface area (Å²) in [5.41, 5.74) is 0.502. The summed E-state index contributed by atoms with van der Waals surface area (Å²) in [6.07, 6.45) is 5.26. The molecule has 14 heavy (non-hydrogen) atoms. The SMILES string of the molecule is CCCC(CS)(CCC)CSC(C)C. The highest BCUT2D eigenvalue weighted by Gasteiger charge is 2.26. The largest absolute Gasteiger partial charge is 0.179 e. The summed E-state index contributed by atoms with van der Waals surface area (Å²) in [6, 6.07) is 0. The van der Waals surface area contributed by atoms with Crippen molar-refractivity contribution in [1.82, 2.24) is 0 Å². The fourth-order valence-electron chi connectivity index (χ4n) is 1.88. The van der Waals surface area contributed by atoms with E-state index in [4.69, 9.17) is 0 Å². The van der Waals surface area contributed by atoms with E-state index in [-0.39, 0.29) is 0 Å². The Bertz CT molecular complexity index is 126. The van der Waals surface area contributed by atoms with E-state index < -0.39 is 0 Å². The molecule has 0 unspecified atom stereocenters. The molecule has 0 aromatic carbocycles. The van der Waals surface area contributed by atoms with E-state index >= 15 is 0 Å². The van der Waals surface area contributed by atoms with Gasteiger partial charge in [0.15, 0.2) is 0 Å². The maximum absolute atomic E-state index is 4.56. The molecule has 0 fully saturated rings. The summed E-state index contributed by atoms with van der Waals surface area (Å²) in [5.74, 6) is 2.34. The first kappa shape index (κ1) is 14.7. The molecular formula is C12H26S2. The fraction of sp³-hybridized carbons (Fsp3) is 1.00. The van der Waals surface area contributed by atoms with Crippen molar-refractivity contribution in [3.63, 3.8) is 0 Å². The van der Waals surface area contributed by atoms with Crippen molar-refractivity contribution in [2.45, 2.75) is 58.6 Å². The summed E-state index contributed by atoms with van der Waals surface area (Å²) >= 11 is 6.65. The number of hydrogen-bond donors (Lipinski definition) is 1. The first-order valence-corrected chi connectivity index (χ1v) is 7.50. The van der Waals surface area contributed by atoms with E-state index in [1.165, 1.54) is 31.4 Å². The molecular weight excluding hydrogens is 208 g/mol. The molecule has 0 aromatic rings. The maximum atomic E-state index is 4.56. The van der Waals surface area contributed by atoms with Crippen molar-refractivity contribution >= 4 is 24.4 Å². The minimum atomic E-state index is 0.502. The first-order valence-electron chi connectivity index (χ1n) is 5.82. The Morgan fingerprint density at radius 3 is 1.93 bits per heavy atom. The fourth-order valence-corrected chi connectivity index (χ4v) is 3.53. The maximum Gasteiger partial charge on any atom is -0.0000418 e. The van der Waals surface area contributed by atoms with Gasteiger partial charge in [0, 0.05) is 0 Å². The van der Waals surface area contributed by atoms with Gasteiger partial charge in [0.05, 0.1) is 0 Å². The summed E-state index contributed by atoms with van der Waals surface area (Å²) in [6.45, 7) is 9.14. The lowest BCUT2D eigenvalue weighted by atomic mass is 9.83. The molecule has 0 saturated heterocycles. The van der Waals surface area contributed by atoms with E-state index in [0.717, 1.165) is 11.0 Å². The van der Waals surface area contributed by atoms with Crippen LogP contribution in [0.15, 0.2) is 0 Å². The minimum absolute atomic E-state index is 0.502. The summed E-state index contributed by atoms with van der Waals surface area (Å²) in [4.78, 5) is 0. The van der Waals surface area contributed by atoms with Gasteiger partial charge in [0.2, 0.25) is 0 Å². The highest BCUT2D eigenvalue weighted by Crippen LogP contribution is 2.35. The molecule has 86 valence electrons. The Hall–Kier alpha value is 0.700. The lowest BCUT2D eigenvalue weighted by Gasteiger charge is -2.32. The molecule has 0 amide bonds. The minimum Gasteiger partial charge on any atom is -0.179 e. The lowest BCUT2D eigenvalue weighted by molar-refractivity contribution is 0.318. The quantitative estimate of drug-likeness (QED) is 0.597. The molecule has 0 aliphatic heterocycles. The zero-order valence-electron chi connectivity index (χ0n) is 10.2. The Balaban J connectivity index is 4.17. The van der Waals surface area contributed by atoms with Crippen LogP contribution in [0.5, 0.6) is 0 Å². The van der Waals surface area contributed by atoms with E-state index in [9.17, 15) is 0 Å². The van der Waals surface area contributed by atoms with Gasteiger partial charge in [-0.05, 0) is 35.0 Å². The third-order valence-electron chi connectivity index (χ3n) is 2.62. The summed E-state index contributed by atoms with van der Waals surface area (Å²) in [5, 5.41) is 0.753. The van der Waals surface area contributed by atoms with Crippen LogP contribution in [0, 0.1) is 5.41 Å². The highest BCUT2D eigenvalue weighted by atomic mass is 32.2. The van der Waals surface area contributed by atoms with Crippen LogP contribution in [0.2, 0.25) is 0 Å². The molecule has 0 nitrogen and oxygen atoms in total. The van der Waals surface area contributed by atoms with Gasteiger partial charge in [-0.15, -0.1) is 0 Å². The third kappa shape index (κ3) is 5.55. The first-order chi connectivity index (χ1) is 6.60. The van der Waals surface area contributed by atoms with E-state index in [0.29, 0.717) is 5.41 Å². The molecule has 0 spiro atoms. The Kier molecular flexibility index (Phi) is 8.32. The van der Waals surface area contributed by atoms with E-state index in [1.54, 1.807) is 0 Å². The molecule has 0 heterocycles. The van der Waals surface area contributed by atoms with Crippen LogP contribution in [0.4, 0.5) is 0 Å². The number of rotatable bonds is 8. The average molecular weight is 234 g/mol. The molecule has 0 N–H and O–H groups in total. The molecule has 0 saturated carbocycles. The monoisotopic (exact) mass is 234 g/mol. The van der Waals surface area contributed by atoms with Crippen LogP contribution in [-0.2, 0) is 0 Å². The second-order valence-electron chi connectivity index (χ2n) is 4.52. The van der Waals surface area contributed by atoms with Crippen molar-refractivity contribution < 1.29 is 0 Å². The predicted molar refractivity (Wildman–Crippen MR) is 73.7 cm³/mol. The van der Waals surface area contributed by atoms with Gasteiger partial charge in [0.25, 0.3) is 0 Å². The second-order valence-corrected chi connectivity index (χ2v) is 6.40. The lowest BCUT2D eigenvalue weighted by Crippen LogP contribution is -2.26. The Morgan fingerprint density at radius 1 is 1.14 bits per heavy atom. The van der Waals surface area contributed by atoms with Crippen molar-refractivity contribution in [3.8, 4) is 0 Å². The Labute approximate surface area is 100 Å². The third-order valence-corrected chi connectivity index (χ3v) is 4.74. The van der Waals surface area contributed by atoms with Gasteiger partial charge in [0.1, 0.15) is 0 Å². The zero-order chi connectivity index (χ0) is 11.0. The van der Waals surface area contributed by atoms with Gasteiger partial charge >= 0.3 is 0 Å². The van der Waals surface area contributed by atoms with Crippen molar-refractivity contribution in [2.24, 2.45) is 5.41 Å². The molecule has 0 aromatic heterocycles. The van der Waals surface area contributed by atoms with Crippen LogP contribution < -0.4 is 0 Å². The van der Waals surface area contributed by atoms with Crippen LogP contribution in [-0.4, -0.2) is 16.8 Å². The molecule has 0 bridgehead atoms. The smallest absolute Gasteiger partial charge is 0.0000418 e. The number of thiol groups is 1. The van der Waals surface area contributed by atoms with Crippen LogP contribution in [0.3, 0.4) is 0 Å². The van der Waals surface area contributed by atoms with Gasteiger partial charge in [-0.3, -0.25) is 0 Å². The number of thioether (sulfide) groups is 1. The van der Waals surface area contributed by atoms with Gasteiger partial charge in [-0.25, -0.2) is 0 Å². The van der Waals surface area contributed by atoms with Gasteiger partial charge in [-0.2, -0.15) is 24.4 Å². The molecule has 2 heteroatoms. The van der Waals surface area contributed by atoms with Crippen molar-refractivity contribution in [3.05, 3.63) is 0 Å².